The normalized spacial score (nSPS) is 12.0. The zero-order valence-electron chi connectivity index (χ0n) is 13.1. The molecule has 2 aromatic rings. The van der Waals surface area contributed by atoms with Crippen LogP contribution in [0.2, 0.25) is 0 Å². The van der Waals surface area contributed by atoms with Gasteiger partial charge in [0.2, 0.25) is 0 Å². The SMILES string of the molecule is COCCNC(=O)N(C)C(C)c1ccc(-n2cncn2)cc1. The van der Waals surface area contributed by atoms with Crippen LogP contribution in [0.15, 0.2) is 36.9 Å². The summed E-state index contributed by atoms with van der Waals surface area (Å²) in [5.74, 6) is 0. The molecule has 118 valence electrons. The number of methoxy groups -OCH3 is 1. The molecule has 2 amide bonds. The molecule has 0 aliphatic heterocycles. The minimum absolute atomic E-state index is 0.0349. The number of aromatic nitrogens is 3. The molecule has 7 heteroatoms. The van der Waals surface area contributed by atoms with Gasteiger partial charge in [-0.25, -0.2) is 14.5 Å². The van der Waals surface area contributed by atoms with Gasteiger partial charge >= 0.3 is 6.03 Å². The number of hydrogen-bond donors (Lipinski definition) is 1. The summed E-state index contributed by atoms with van der Waals surface area (Å²) >= 11 is 0. The quantitative estimate of drug-likeness (QED) is 0.823. The number of benzene rings is 1. The van der Waals surface area contributed by atoms with E-state index in [4.69, 9.17) is 4.74 Å². The first-order chi connectivity index (χ1) is 10.6. The molecule has 0 aliphatic rings. The number of amides is 2. The minimum Gasteiger partial charge on any atom is -0.383 e. The number of ether oxygens (including phenoxy) is 1. The first-order valence-electron chi connectivity index (χ1n) is 7.08. The molecule has 1 heterocycles. The average Bonchev–Trinajstić information content (AvgIpc) is 3.08. The summed E-state index contributed by atoms with van der Waals surface area (Å²) in [4.78, 5) is 17.6. The largest absolute Gasteiger partial charge is 0.383 e. The Morgan fingerprint density at radius 3 is 2.73 bits per heavy atom. The Labute approximate surface area is 129 Å². The van der Waals surface area contributed by atoms with E-state index in [1.54, 1.807) is 30.1 Å². The Balaban J connectivity index is 1.99. The van der Waals surface area contributed by atoms with Gasteiger partial charge in [-0.3, -0.25) is 0 Å². The summed E-state index contributed by atoms with van der Waals surface area (Å²) in [5.41, 5.74) is 1.98. The van der Waals surface area contributed by atoms with Gasteiger partial charge in [0.25, 0.3) is 0 Å². The monoisotopic (exact) mass is 303 g/mol. The number of nitrogens with one attached hydrogen (secondary N) is 1. The van der Waals surface area contributed by atoms with Gasteiger partial charge < -0.3 is 15.0 Å². The van der Waals surface area contributed by atoms with Crippen molar-refractivity contribution in [2.24, 2.45) is 0 Å². The van der Waals surface area contributed by atoms with Crippen LogP contribution in [0.1, 0.15) is 18.5 Å². The van der Waals surface area contributed by atoms with Crippen molar-refractivity contribution in [2.45, 2.75) is 13.0 Å². The van der Waals surface area contributed by atoms with Crippen molar-refractivity contribution in [3.63, 3.8) is 0 Å². The van der Waals surface area contributed by atoms with Gasteiger partial charge in [-0.1, -0.05) is 12.1 Å². The standard InChI is InChI=1S/C15H21N5O2/c1-12(19(2)15(21)17-8-9-22-3)13-4-6-14(7-5-13)20-11-16-10-18-20/h4-7,10-12H,8-9H2,1-3H3,(H,17,21). The smallest absolute Gasteiger partial charge is 0.317 e. The highest BCUT2D eigenvalue weighted by Gasteiger charge is 2.16. The molecule has 1 aromatic heterocycles. The van der Waals surface area contributed by atoms with Gasteiger partial charge in [0, 0.05) is 20.7 Å². The highest BCUT2D eigenvalue weighted by Crippen LogP contribution is 2.20. The Morgan fingerprint density at radius 1 is 1.41 bits per heavy atom. The second-order valence-corrected chi connectivity index (χ2v) is 4.94. The topological polar surface area (TPSA) is 72.3 Å². The summed E-state index contributed by atoms with van der Waals surface area (Å²) in [7, 11) is 3.38. The van der Waals surface area contributed by atoms with Crippen molar-refractivity contribution in [1.29, 1.82) is 0 Å². The van der Waals surface area contributed by atoms with Crippen LogP contribution in [0.5, 0.6) is 0 Å². The highest BCUT2D eigenvalue weighted by atomic mass is 16.5. The molecule has 2 rings (SSSR count). The third-order valence-corrected chi connectivity index (χ3v) is 3.54. The van der Waals surface area contributed by atoms with E-state index in [1.165, 1.54) is 6.33 Å². The maximum Gasteiger partial charge on any atom is 0.317 e. The molecular formula is C15H21N5O2. The molecular weight excluding hydrogens is 282 g/mol. The number of urea groups is 1. The molecule has 0 bridgehead atoms. The fraction of sp³-hybridized carbons (Fsp3) is 0.400. The molecule has 1 atom stereocenters. The summed E-state index contributed by atoms with van der Waals surface area (Å²) in [6.07, 6.45) is 3.14. The predicted octanol–water partition coefficient (Wildman–Crippen LogP) is 1.62. The lowest BCUT2D eigenvalue weighted by atomic mass is 10.1. The number of carbonyl (C=O) groups is 1. The Hall–Kier alpha value is -2.41. The molecule has 22 heavy (non-hydrogen) atoms. The van der Waals surface area contributed by atoms with Crippen LogP contribution in [0.25, 0.3) is 5.69 Å². The third kappa shape index (κ3) is 3.82. The van der Waals surface area contributed by atoms with E-state index in [1.807, 2.05) is 31.2 Å². The molecule has 0 saturated heterocycles. The zero-order valence-corrected chi connectivity index (χ0v) is 13.1. The molecule has 1 unspecified atom stereocenters. The van der Waals surface area contributed by atoms with Crippen molar-refractivity contribution in [3.8, 4) is 5.69 Å². The maximum absolute atomic E-state index is 12.0. The fourth-order valence-corrected chi connectivity index (χ4v) is 2.03. The molecule has 7 nitrogen and oxygen atoms in total. The highest BCUT2D eigenvalue weighted by molar-refractivity contribution is 5.74. The molecule has 1 N–H and O–H groups in total. The van der Waals surface area contributed by atoms with E-state index in [0.717, 1.165) is 11.3 Å². The number of carbonyl (C=O) groups excluding carboxylic acids is 1. The third-order valence-electron chi connectivity index (χ3n) is 3.54. The minimum atomic E-state index is -0.120. The predicted molar refractivity (Wildman–Crippen MR) is 82.8 cm³/mol. The summed E-state index contributed by atoms with van der Waals surface area (Å²) in [5, 5.41) is 6.89. The molecule has 0 aliphatic carbocycles. The van der Waals surface area contributed by atoms with Gasteiger partial charge in [0.1, 0.15) is 12.7 Å². The molecule has 0 spiro atoms. The number of rotatable bonds is 6. The van der Waals surface area contributed by atoms with E-state index >= 15 is 0 Å². The Morgan fingerprint density at radius 2 is 2.14 bits per heavy atom. The van der Waals surface area contributed by atoms with E-state index in [9.17, 15) is 4.79 Å². The van der Waals surface area contributed by atoms with Crippen LogP contribution in [0.4, 0.5) is 4.79 Å². The van der Waals surface area contributed by atoms with Gasteiger partial charge in [-0.15, -0.1) is 0 Å². The van der Waals surface area contributed by atoms with Crippen LogP contribution < -0.4 is 5.32 Å². The summed E-state index contributed by atoms with van der Waals surface area (Å²) < 4.78 is 6.61. The van der Waals surface area contributed by atoms with E-state index in [0.29, 0.717) is 13.2 Å². The first-order valence-corrected chi connectivity index (χ1v) is 7.08. The molecule has 1 aromatic carbocycles. The van der Waals surface area contributed by atoms with Crippen molar-refractivity contribution >= 4 is 6.03 Å². The molecule has 0 radical (unpaired) electrons. The van der Waals surface area contributed by atoms with Crippen molar-refractivity contribution in [2.75, 3.05) is 27.3 Å². The zero-order chi connectivity index (χ0) is 15.9. The lowest BCUT2D eigenvalue weighted by Gasteiger charge is -2.25. The van der Waals surface area contributed by atoms with Gasteiger partial charge in [-0.2, -0.15) is 5.10 Å². The molecule has 0 saturated carbocycles. The fourth-order valence-electron chi connectivity index (χ4n) is 2.03. The van der Waals surface area contributed by atoms with Crippen molar-refractivity contribution < 1.29 is 9.53 Å². The van der Waals surface area contributed by atoms with Crippen LogP contribution in [-0.2, 0) is 4.74 Å². The van der Waals surface area contributed by atoms with Gasteiger partial charge in [0.15, 0.2) is 0 Å². The lowest BCUT2D eigenvalue weighted by molar-refractivity contribution is 0.177. The van der Waals surface area contributed by atoms with Gasteiger partial charge in [0.05, 0.1) is 18.3 Å². The Kier molecular flexibility index (Phi) is 5.48. The van der Waals surface area contributed by atoms with Crippen LogP contribution in [0.3, 0.4) is 0 Å². The Bertz CT molecular complexity index is 582. The van der Waals surface area contributed by atoms with Crippen molar-refractivity contribution in [1.82, 2.24) is 25.0 Å². The lowest BCUT2D eigenvalue weighted by Crippen LogP contribution is -2.40. The van der Waals surface area contributed by atoms with Crippen LogP contribution in [-0.4, -0.2) is 53.0 Å². The first kappa shape index (κ1) is 16.0. The number of hydrogen-bond acceptors (Lipinski definition) is 4. The molecule has 0 fully saturated rings. The maximum atomic E-state index is 12.0. The van der Waals surface area contributed by atoms with E-state index in [-0.39, 0.29) is 12.1 Å². The van der Waals surface area contributed by atoms with E-state index in [2.05, 4.69) is 15.4 Å². The number of nitrogens with zero attached hydrogens (tertiary/aromatic N) is 4. The van der Waals surface area contributed by atoms with E-state index < -0.39 is 0 Å². The van der Waals surface area contributed by atoms with Crippen LogP contribution in [0, 0.1) is 0 Å². The second-order valence-electron chi connectivity index (χ2n) is 4.94. The summed E-state index contributed by atoms with van der Waals surface area (Å²) in [6, 6.07) is 7.73. The summed E-state index contributed by atoms with van der Waals surface area (Å²) in [6.45, 7) is 2.98. The van der Waals surface area contributed by atoms with Crippen molar-refractivity contribution in [3.05, 3.63) is 42.5 Å². The second kappa shape index (κ2) is 7.56. The average molecular weight is 303 g/mol. The van der Waals surface area contributed by atoms with Gasteiger partial charge in [-0.05, 0) is 24.6 Å². The van der Waals surface area contributed by atoms with Crippen LogP contribution >= 0.6 is 0 Å².